The van der Waals surface area contributed by atoms with Gasteiger partial charge >= 0.3 is 0 Å². The topological polar surface area (TPSA) is 80.5 Å². The van der Waals surface area contributed by atoms with Crippen LogP contribution in [0.2, 0.25) is 0 Å². The zero-order chi connectivity index (χ0) is 17.4. The maximum absolute atomic E-state index is 11.9. The number of nitrogens with zero attached hydrogens (tertiary/aromatic N) is 2. The van der Waals surface area contributed by atoms with Crippen molar-refractivity contribution in [1.82, 2.24) is 4.90 Å². The van der Waals surface area contributed by atoms with Crippen molar-refractivity contribution in [2.45, 2.75) is 44.3 Å². The van der Waals surface area contributed by atoms with Crippen molar-refractivity contribution >= 4 is 29.3 Å². The summed E-state index contributed by atoms with van der Waals surface area (Å²) in [4.78, 5) is 35.3. The molecule has 0 bridgehead atoms. The summed E-state index contributed by atoms with van der Waals surface area (Å²) in [6.45, 7) is 0.524. The fraction of sp³-hybridized carbons (Fsp3) is 0.529. The minimum Gasteiger partial charge on any atom is -0.283 e. The lowest BCUT2D eigenvalue weighted by atomic mass is 10.2. The first-order valence-corrected chi connectivity index (χ1v) is 9.37. The normalized spacial score (nSPS) is 15.4. The van der Waals surface area contributed by atoms with Gasteiger partial charge < -0.3 is 0 Å². The van der Waals surface area contributed by atoms with Crippen LogP contribution in [0.3, 0.4) is 0 Å². The quantitative estimate of drug-likeness (QED) is 0.310. The third-order valence-corrected chi connectivity index (χ3v) is 5.08. The fourth-order valence-electron chi connectivity index (χ4n) is 2.59. The molecule has 0 aromatic heterocycles. The van der Waals surface area contributed by atoms with Crippen LogP contribution < -0.4 is 0 Å². The largest absolute Gasteiger partial charge is 0.283 e. The van der Waals surface area contributed by atoms with Gasteiger partial charge in [-0.1, -0.05) is 12.1 Å². The molecule has 2 amide bonds. The van der Waals surface area contributed by atoms with E-state index in [4.69, 9.17) is 0 Å². The Kier molecular flexibility index (Phi) is 7.24. The average molecular weight is 350 g/mol. The minimum atomic E-state index is -0.400. The van der Waals surface area contributed by atoms with E-state index in [1.807, 2.05) is 0 Å². The first-order valence-electron chi connectivity index (χ1n) is 8.22. The molecule has 130 valence electrons. The molecular weight excluding hydrogens is 328 g/mol. The van der Waals surface area contributed by atoms with Gasteiger partial charge in [0.05, 0.1) is 4.92 Å². The Morgan fingerprint density at radius 1 is 1.04 bits per heavy atom. The Morgan fingerprint density at radius 3 is 2.25 bits per heavy atom. The summed E-state index contributed by atoms with van der Waals surface area (Å²) < 4.78 is 0. The molecule has 1 aliphatic heterocycles. The lowest BCUT2D eigenvalue weighted by molar-refractivity contribution is -0.384. The smallest absolute Gasteiger partial charge is 0.269 e. The molecule has 1 heterocycles. The Morgan fingerprint density at radius 2 is 1.67 bits per heavy atom. The molecular formula is C17H22N2O4S. The van der Waals surface area contributed by atoms with E-state index in [0.717, 1.165) is 42.8 Å². The molecule has 1 aliphatic rings. The maximum Gasteiger partial charge on any atom is 0.269 e. The summed E-state index contributed by atoms with van der Waals surface area (Å²) in [6.07, 6.45) is 4.36. The van der Waals surface area contributed by atoms with Crippen LogP contribution in [0.5, 0.6) is 0 Å². The Labute approximate surface area is 145 Å². The van der Waals surface area contributed by atoms with Gasteiger partial charge in [0.2, 0.25) is 11.8 Å². The van der Waals surface area contributed by atoms with Gasteiger partial charge in [-0.2, -0.15) is 11.8 Å². The molecule has 1 aromatic carbocycles. The summed E-state index contributed by atoms with van der Waals surface area (Å²) >= 11 is 1.75. The summed E-state index contributed by atoms with van der Waals surface area (Å²) in [7, 11) is 0. The molecule has 1 aromatic rings. The number of hydrogen-bond donors (Lipinski definition) is 0. The van der Waals surface area contributed by atoms with Crippen LogP contribution in [0.15, 0.2) is 24.3 Å². The van der Waals surface area contributed by atoms with E-state index in [9.17, 15) is 19.7 Å². The first-order chi connectivity index (χ1) is 11.6. The molecule has 6 nitrogen and oxygen atoms in total. The van der Waals surface area contributed by atoms with Crippen LogP contribution >= 0.6 is 11.8 Å². The number of imide groups is 1. The van der Waals surface area contributed by atoms with Crippen molar-refractivity contribution in [2.24, 2.45) is 0 Å². The van der Waals surface area contributed by atoms with Gasteiger partial charge in [0.25, 0.3) is 5.69 Å². The minimum absolute atomic E-state index is 0.0315. The SMILES string of the molecule is O=C1CCCCC(=O)N1CCCCSCc1ccc([N+](=O)[O-])cc1. The molecule has 1 fully saturated rings. The molecule has 0 aliphatic carbocycles. The molecule has 0 atom stereocenters. The molecule has 0 saturated carbocycles. The van der Waals surface area contributed by atoms with E-state index >= 15 is 0 Å². The second-order valence-corrected chi connectivity index (χ2v) is 6.93. The molecule has 0 radical (unpaired) electrons. The zero-order valence-corrected chi connectivity index (χ0v) is 14.4. The van der Waals surface area contributed by atoms with E-state index in [1.54, 1.807) is 23.9 Å². The van der Waals surface area contributed by atoms with Crippen molar-refractivity contribution in [1.29, 1.82) is 0 Å². The van der Waals surface area contributed by atoms with Crippen LogP contribution in [0.4, 0.5) is 5.69 Å². The van der Waals surface area contributed by atoms with Gasteiger partial charge in [0, 0.05) is 37.3 Å². The number of nitro benzene ring substituents is 1. The van der Waals surface area contributed by atoms with Gasteiger partial charge in [-0.05, 0) is 37.0 Å². The van der Waals surface area contributed by atoms with Gasteiger partial charge in [-0.25, -0.2) is 0 Å². The predicted molar refractivity (Wildman–Crippen MR) is 93.7 cm³/mol. The van der Waals surface area contributed by atoms with Crippen LogP contribution in [0, 0.1) is 10.1 Å². The van der Waals surface area contributed by atoms with Gasteiger partial charge in [-0.3, -0.25) is 24.6 Å². The first kappa shape index (κ1) is 18.4. The highest BCUT2D eigenvalue weighted by Crippen LogP contribution is 2.18. The second kappa shape index (κ2) is 9.42. The van der Waals surface area contributed by atoms with Crippen molar-refractivity contribution in [3.63, 3.8) is 0 Å². The Bertz CT molecular complexity index is 571. The number of unbranched alkanes of at least 4 members (excludes halogenated alkanes) is 1. The number of carbonyl (C=O) groups is 2. The van der Waals surface area contributed by atoms with E-state index in [1.165, 1.54) is 17.0 Å². The lowest BCUT2D eigenvalue weighted by Crippen LogP contribution is -2.35. The van der Waals surface area contributed by atoms with E-state index < -0.39 is 4.92 Å². The summed E-state index contributed by atoms with van der Waals surface area (Å²) in [5, 5.41) is 10.6. The molecule has 2 rings (SSSR count). The number of carbonyl (C=O) groups excluding carboxylic acids is 2. The van der Waals surface area contributed by atoms with Crippen molar-refractivity contribution in [3.8, 4) is 0 Å². The summed E-state index contributed by atoms with van der Waals surface area (Å²) in [5.41, 5.74) is 1.17. The van der Waals surface area contributed by atoms with Crippen LogP contribution in [0.1, 0.15) is 44.1 Å². The van der Waals surface area contributed by atoms with E-state index in [0.29, 0.717) is 19.4 Å². The number of nitro groups is 1. The standard InChI is InChI=1S/C17H22N2O4S/c20-16-5-1-2-6-17(21)18(16)11-3-4-12-24-13-14-7-9-15(10-8-14)19(22)23/h7-10H,1-6,11-13H2. The number of amides is 2. The van der Waals surface area contributed by atoms with Crippen LogP contribution in [0.25, 0.3) is 0 Å². The molecule has 0 N–H and O–H groups in total. The second-order valence-electron chi connectivity index (χ2n) is 5.83. The summed E-state index contributed by atoms with van der Waals surface area (Å²) in [6, 6.07) is 6.60. The van der Waals surface area contributed by atoms with Crippen LogP contribution in [-0.4, -0.2) is 33.9 Å². The van der Waals surface area contributed by atoms with Crippen molar-refractivity contribution in [2.75, 3.05) is 12.3 Å². The third-order valence-electron chi connectivity index (χ3n) is 3.97. The highest BCUT2D eigenvalue weighted by Gasteiger charge is 2.23. The molecule has 1 saturated heterocycles. The molecule has 24 heavy (non-hydrogen) atoms. The highest BCUT2D eigenvalue weighted by atomic mass is 32.2. The highest BCUT2D eigenvalue weighted by molar-refractivity contribution is 7.98. The van der Waals surface area contributed by atoms with E-state index in [-0.39, 0.29) is 17.5 Å². The lowest BCUT2D eigenvalue weighted by Gasteiger charge is -2.18. The molecule has 0 unspecified atom stereocenters. The maximum atomic E-state index is 11.9. The third kappa shape index (κ3) is 5.63. The van der Waals surface area contributed by atoms with Crippen LogP contribution in [-0.2, 0) is 15.3 Å². The monoisotopic (exact) mass is 350 g/mol. The summed E-state index contributed by atoms with van der Waals surface area (Å²) in [5.74, 6) is 1.68. The van der Waals surface area contributed by atoms with E-state index in [2.05, 4.69) is 0 Å². The number of thioether (sulfide) groups is 1. The Hall–Kier alpha value is -1.89. The molecule has 7 heteroatoms. The van der Waals surface area contributed by atoms with Gasteiger partial charge in [0.15, 0.2) is 0 Å². The number of likely N-dealkylation sites (tertiary alicyclic amines) is 1. The number of benzene rings is 1. The average Bonchev–Trinajstić information content (AvgIpc) is 2.73. The molecule has 0 spiro atoms. The van der Waals surface area contributed by atoms with Gasteiger partial charge in [-0.15, -0.1) is 0 Å². The van der Waals surface area contributed by atoms with Gasteiger partial charge in [0.1, 0.15) is 0 Å². The van der Waals surface area contributed by atoms with Crippen molar-refractivity contribution < 1.29 is 14.5 Å². The number of hydrogen-bond acceptors (Lipinski definition) is 5. The fourth-order valence-corrected chi connectivity index (χ4v) is 3.57. The number of rotatable bonds is 8. The zero-order valence-electron chi connectivity index (χ0n) is 13.6. The van der Waals surface area contributed by atoms with Crippen molar-refractivity contribution in [3.05, 3.63) is 39.9 Å². The number of non-ortho nitro benzene ring substituents is 1. The Balaban J connectivity index is 1.63. The predicted octanol–water partition coefficient (Wildman–Crippen LogP) is 3.54.